The number of nitrogens with one attached hydrogen (secondary N) is 1. The fourth-order valence-corrected chi connectivity index (χ4v) is 1.66. The Hall–Kier alpha value is -2.06. The molecule has 0 saturated heterocycles. The second-order valence-corrected chi connectivity index (χ2v) is 4.08. The first-order chi connectivity index (χ1) is 8.47. The van der Waals surface area contributed by atoms with Gasteiger partial charge in [0.15, 0.2) is 0 Å². The van der Waals surface area contributed by atoms with Gasteiger partial charge in [0.05, 0.1) is 4.92 Å². The fraction of sp³-hybridized carbons (Fsp3) is 0.250. The van der Waals surface area contributed by atoms with Crippen LogP contribution in [-0.2, 0) is 0 Å². The number of nitro benzene ring substituents is 1. The highest BCUT2D eigenvalue weighted by molar-refractivity contribution is 6.33. The van der Waals surface area contributed by atoms with Crippen molar-refractivity contribution in [2.45, 2.75) is 19.4 Å². The lowest BCUT2D eigenvalue weighted by Crippen LogP contribution is -2.32. The summed E-state index contributed by atoms with van der Waals surface area (Å²) in [7, 11) is 0. The minimum atomic E-state index is -0.677. The van der Waals surface area contributed by atoms with Crippen molar-refractivity contribution in [2.75, 3.05) is 0 Å². The molecule has 18 heavy (non-hydrogen) atoms. The van der Waals surface area contributed by atoms with E-state index < -0.39 is 16.5 Å². The van der Waals surface area contributed by atoms with E-state index in [1.807, 2.05) is 0 Å². The summed E-state index contributed by atoms with van der Waals surface area (Å²) in [4.78, 5) is 22.1. The van der Waals surface area contributed by atoms with Gasteiger partial charge in [0.2, 0.25) is 0 Å². The number of hydrogen-bond donors (Lipinski definition) is 1. The van der Waals surface area contributed by atoms with Crippen LogP contribution in [-0.4, -0.2) is 16.9 Å². The lowest BCUT2D eigenvalue weighted by molar-refractivity contribution is -0.385. The second kappa shape index (κ2) is 6.03. The van der Waals surface area contributed by atoms with Gasteiger partial charge in [-0.3, -0.25) is 14.9 Å². The third kappa shape index (κ3) is 3.22. The molecule has 0 spiro atoms. The van der Waals surface area contributed by atoms with Crippen molar-refractivity contribution in [3.05, 3.63) is 38.9 Å². The summed E-state index contributed by atoms with van der Waals surface area (Å²) < 4.78 is 0. The molecule has 1 unspecified atom stereocenters. The highest BCUT2D eigenvalue weighted by atomic mass is 35.5. The number of benzene rings is 1. The molecule has 0 aliphatic carbocycles. The van der Waals surface area contributed by atoms with Gasteiger partial charge in [-0.05, 0) is 19.1 Å². The number of carbonyl (C=O) groups excluding carboxylic acids is 1. The number of hydrogen-bond acceptors (Lipinski definition) is 3. The van der Waals surface area contributed by atoms with E-state index in [4.69, 9.17) is 18.0 Å². The standard InChI is InChI=1S/C12H11ClN2O3/c1-3-5-8(2)14-12(16)9-6-4-7-10(13)11(9)15(17)18/h1,4,6-8H,5H2,2H3,(H,14,16). The van der Waals surface area contributed by atoms with Crippen molar-refractivity contribution in [1.82, 2.24) is 5.32 Å². The number of rotatable bonds is 4. The number of nitrogens with zero attached hydrogens (tertiary/aromatic N) is 1. The topological polar surface area (TPSA) is 72.2 Å². The Morgan fingerprint density at radius 1 is 1.67 bits per heavy atom. The fourth-order valence-electron chi connectivity index (χ4n) is 1.41. The monoisotopic (exact) mass is 266 g/mol. The normalized spacial score (nSPS) is 11.4. The van der Waals surface area contributed by atoms with E-state index in [1.165, 1.54) is 18.2 Å². The number of amides is 1. The molecule has 5 nitrogen and oxygen atoms in total. The van der Waals surface area contributed by atoms with Crippen molar-refractivity contribution in [3.8, 4) is 12.3 Å². The van der Waals surface area contributed by atoms with Crippen LogP contribution in [0.2, 0.25) is 5.02 Å². The largest absolute Gasteiger partial charge is 0.348 e. The van der Waals surface area contributed by atoms with Crippen LogP contribution in [0.5, 0.6) is 0 Å². The maximum atomic E-state index is 11.9. The Labute approximate surface area is 109 Å². The maximum Gasteiger partial charge on any atom is 0.300 e. The molecule has 0 radical (unpaired) electrons. The lowest BCUT2D eigenvalue weighted by atomic mass is 10.1. The number of carbonyl (C=O) groups is 1. The van der Waals surface area contributed by atoms with Gasteiger partial charge in [0, 0.05) is 12.5 Å². The Morgan fingerprint density at radius 2 is 2.33 bits per heavy atom. The van der Waals surface area contributed by atoms with Crippen LogP contribution in [0.4, 0.5) is 5.69 Å². The Kier molecular flexibility index (Phi) is 4.69. The first-order valence-electron chi connectivity index (χ1n) is 5.14. The minimum absolute atomic E-state index is 0.0720. The van der Waals surface area contributed by atoms with E-state index in [-0.39, 0.29) is 16.6 Å². The summed E-state index contributed by atoms with van der Waals surface area (Å²) in [6.07, 6.45) is 5.46. The molecule has 1 rings (SSSR count). The van der Waals surface area contributed by atoms with E-state index in [9.17, 15) is 14.9 Å². The molecule has 0 fully saturated rings. The molecule has 0 heterocycles. The van der Waals surface area contributed by atoms with Gasteiger partial charge in [-0.2, -0.15) is 0 Å². The molecular formula is C12H11ClN2O3. The number of terminal acetylenes is 1. The van der Waals surface area contributed by atoms with Crippen molar-refractivity contribution < 1.29 is 9.72 Å². The van der Waals surface area contributed by atoms with Gasteiger partial charge >= 0.3 is 5.69 Å². The first kappa shape index (κ1) is 14.0. The molecule has 94 valence electrons. The molecule has 0 aliphatic heterocycles. The number of para-hydroxylation sites is 1. The van der Waals surface area contributed by atoms with E-state index in [0.717, 1.165) is 0 Å². The van der Waals surface area contributed by atoms with Crippen LogP contribution in [0, 0.1) is 22.5 Å². The highest BCUT2D eigenvalue weighted by Crippen LogP contribution is 2.28. The zero-order valence-electron chi connectivity index (χ0n) is 9.64. The molecule has 1 N–H and O–H groups in total. The summed E-state index contributed by atoms with van der Waals surface area (Å²) in [6, 6.07) is 3.93. The predicted octanol–water partition coefficient (Wildman–Crippen LogP) is 2.39. The van der Waals surface area contributed by atoms with E-state index in [1.54, 1.807) is 6.92 Å². The molecule has 0 aliphatic rings. The third-order valence-corrected chi connectivity index (χ3v) is 2.52. The second-order valence-electron chi connectivity index (χ2n) is 3.68. The molecular weight excluding hydrogens is 256 g/mol. The van der Waals surface area contributed by atoms with Gasteiger partial charge in [0.25, 0.3) is 5.91 Å². The van der Waals surface area contributed by atoms with Crippen molar-refractivity contribution in [2.24, 2.45) is 0 Å². The summed E-state index contributed by atoms with van der Waals surface area (Å²) in [5.41, 5.74) is -0.471. The van der Waals surface area contributed by atoms with E-state index in [2.05, 4.69) is 11.2 Å². The van der Waals surface area contributed by atoms with Crippen LogP contribution in [0.25, 0.3) is 0 Å². The van der Waals surface area contributed by atoms with E-state index in [0.29, 0.717) is 6.42 Å². The smallest absolute Gasteiger partial charge is 0.300 e. The Bertz CT molecular complexity index is 523. The molecule has 0 bridgehead atoms. The summed E-state index contributed by atoms with van der Waals surface area (Å²) in [5, 5.41) is 13.4. The summed E-state index contributed by atoms with van der Waals surface area (Å²) in [6.45, 7) is 1.72. The zero-order chi connectivity index (χ0) is 13.7. The van der Waals surface area contributed by atoms with Crippen LogP contribution >= 0.6 is 11.6 Å². The third-order valence-electron chi connectivity index (χ3n) is 2.22. The number of nitro groups is 1. The van der Waals surface area contributed by atoms with Crippen molar-refractivity contribution in [3.63, 3.8) is 0 Å². The molecule has 6 heteroatoms. The highest BCUT2D eigenvalue weighted by Gasteiger charge is 2.24. The molecule has 0 aromatic heterocycles. The van der Waals surface area contributed by atoms with Gasteiger partial charge < -0.3 is 5.32 Å². The van der Waals surface area contributed by atoms with Crippen LogP contribution < -0.4 is 5.32 Å². The van der Waals surface area contributed by atoms with Crippen LogP contribution in [0.1, 0.15) is 23.7 Å². The van der Waals surface area contributed by atoms with E-state index >= 15 is 0 Å². The predicted molar refractivity (Wildman–Crippen MR) is 68.5 cm³/mol. The van der Waals surface area contributed by atoms with Gasteiger partial charge in [-0.1, -0.05) is 17.7 Å². The minimum Gasteiger partial charge on any atom is -0.348 e. The average Bonchev–Trinajstić information content (AvgIpc) is 2.28. The SMILES string of the molecule is C#CCC(C)NC(=O)c1cccc(Cl)c1[N+](=O)[O-]. The average molecular weight is 267 g/mol. The molecule has 1 amide bonds. The lowest BCUT2D eigenvalue weighted by Gasteiger charge is -2.11. The molecule has 0 saturated carbocycles. The number of halogens is 1. The van der Waals surface area contributed by atoms with Crippen molar-refractivity contribution in [1.29, 1.82) is 0 Å². The summed E-state index contributed by atoms with van der Waals surface area (Å²) >= 11 is 5.71. The Morgan fingerprint density at radius 3 is 2.89 bits per heavy atom. The van der Waals surface area contributed by atoms with Gasteiger partial charge in [0.1, 0.15) is 10.6 Å². The molecule has 1 aromatic rings. The molecule has 1 atom stereocenters. The van der Waals surface area contributed by atoms with Crippen molar-refractivity contribution >= 4 is 23.2 Å². The molecule has 1 aromatic carbocycles. The van der Waals surface area contributed by atoms with Crippen LogP contribution in [0.15, 0.2) is 18.2 Å². The van der Waals surface area contributed by atoms with Crippen LogP contribution in [0.3, 0.4) is 0 Å². The van der Waals surface area contributed by atoms with Gasteiger partial charge in [-0.15, -0.1) is 12.3 Å². The quantitative estimate of drug-likeness (QED) is 0.517. The van der Waals surface area contributed by atoms with Gasteiger partial charge in [-0.25, -0.2) is 0 Å². The Balaban J connectivity index is 3.03. The zero-order valence-corrected chi connectivity index (χ0v) is 10.4. The summed E-state index contributed by atoms with van der Waals surface area (Å²) in [5.74, 6) is 1.84. The first-order valence-corrected chi connectivity index (χ1v) is 5.52. The maximum absolute atomic E-state index is 11.9.